The van der Waals surface area contributed by atoms with E-state index in [1.54, 1.807) is 36.5 Å². The van der Waals surface area contributed by atoms with Crippen molar-refractivity contribution in [1.82, 2.24) is 24.8 Å². The van der Waals surface area contributed by atoms with E-state index in [0.29, 0.717) is 56.8 Å². The second-order valence-electron chi connectivity index (χ2n) is 5.54. The molecule has 0 atom stereocenters. The number of hydrogen-bond acceptors (Lipinski definition) is 8. The predicted molar refractivity (Wildman–Crippen MR) is 92.5 cm³/mol. The molecule has 1 fully saturated rings. The van der Waals surface area contributed by atoms with Crippen molar-refractivity contribution in [3.8, 4) is 0 Å². The number of amides is 1. The Hall–Kier alpha value is -2.81. The highest BCUT2D eigenvalue weighted by atomic mass is 16.5. The van der Waals surface area contributed by atoms with Crippen molar-refractivity contribution in [3.05, 3.63) is 36.5 Å². The Balaban J connectivity index is 1.58. The second-order valence-corrected chi connectivity index (χ2v) is 5.54. The van der Waals surface area contributed by atoms with E-state index in [9.17, 15) is 4.79 Å². The first-order valence-corrected chi connectivity index (χ1v) is 8.14. The predicted octanol–water partition coefficient (Wildman–Crippen LogP) is 0.287. The van der Waals surface area contributed by atoms with Gasteiger partial charge in [-0.25, -0.2) is 19.9 Å². The molecule has 0 aromatic carbocycles. The third kappa shape index (κ3) is 4.38. The highest BCUT2D eigenvalue weighted by Gasteiger charge is 2.24. The SMILES string of the molecule is COCCNc1cc(C(=O)N2CCN(c3ncccn3)CC2)ncn1. The molecule has 1 amide bonds. The first-order valence-electron chi connectivity index (χ1n) is 8.14. The molecule has 3 rings (SSSR count). The third-order valence-corrected chi connectivity index (χ3v) is 3.90. The molecule has 0 radical (unpaired) electrons. The minimum absolute atomic E-state index is 0.0918. The van der Waals surface area contributed by atoms with E-state index in [2.05, 4.69) is 30.2 Å². The highest BCUT2D eigenvalue weighted by molar-refractivity contribution is 5.93. The topological polar surface area (TPSA) is 96.4 Å². The van der Waals surface area contributed by atoms with Gasteiger partial charge in [0, 0.05) is 58.3 Å². The van der Waals surface area contributed by atoms with E-state index in [1.807, 2.05) is 0 Å². The third-order valence-electron chi connectivity index (χ3n) is 3.90. The average Bonchev–Trinajstić information content (AvgIpc) is 2.69. The van der Waals surface area contributed by atoms with Gasteiger partial charge in [-0.15, -0.1) is 0 Å². The van der Waals surface area contributed by atoms with Crippen LogP contribution in [0, 0.1) is 0 Å². The molecule has 9 heteroatoms. The van der Waals surface area contributed by atoms with E-state index in [4.69, 9.17) is 4.74 Å². The van der Waals surface area contributed by atoms with Gasteiger partial charge in [-0.3, -0.25) is 4.79 Å². The summed E-state index contributed by atoms with van der Waals surface area (Å²) >= 11 is 0. The van der Waals surface area contributed by atoms with Crippen molar-refractivity contribution >= 4 is 17.7 Å². The van der Waals surface area contributed by atoms with Crippen molar-refractivity contribution in [2.45, 2.75) is 0 Å². The van der Waals surface area contributed by atoms with Crippen LogP contribution >= 0.6 is 0 Å². The van der Waals surface area contributed by atoms with E-state index < -0.39 is 0 Å². The van der Waals surface area contributed by atoms with Gasteiger partial charge in [-0.1, -0.05) is 0 Å². The molecule has 0 saturated carbocycles. The zero-order chi connectivity index (χ0) is 17.5. The molecule has 132 valence electrons. The molecule has 1 saturated heterocycles. The Kier molecular flexibility index (Phi) is 5.68. The van der Waals surface area contributed by atoms with Crippen molar-refractivity contribution in [3.63, 3.8) is 0 Å². The van der Waals surface area contributed by atoms with Gasteiger partial charge in [-0.05, 0) is 6.07 Å². The summed E-state index contributed by atoms with van der Waals surface area (Å²) in [6.07, 6.45) is 4.84. The zero-order valence-corrected chi connectivity index (χ0v) is 14.1. The van der Waals surface area contributed by atoms with Crippen LogP contribution in [0.3, 0.4) is 0 Å². The van der Waals surface area contributed by atoms with Crippen LogP contribution in [0.1, 0.15) is 10.5 Å². The lowest BCUT2D eigenvalue weighted by molar-refractivity contribution is 0.0740. The fourth-order valence-electron chi connectivity index (χ4n) is 2.58. The van der Waals surface area contributed by atoms with Gasteiger partial charge in [0.1, 0.15) is 17.8 Å². The normalized spacial score (nSPS) is 14.4. The lowest BCUT2D eigenvalue weighted by Crippen LogP contribution is -2.49. The average molecular weight is 343 g/mol. The number of anilines is 2. The Labute approximate surface area is 146 Å². The van der Waals surface area contributed by atoms with Crippen LogP contribution < -0.4 is 10.2 Å². The molecule has 0 aliphatic carbocycles. The summed E-state index contributed by atoms with van der Waals surface area (Å²) in [5, 5.41) is 3.10. The summed E-state index contributed by atoms with van der Waals surface area (Å²) in [5.41, 5.74) is 0.388. The van der Waals surface area contributed by atoms with Crippen molar-refractivity contribution in [2.75, 3.05) is 56.7 Å². The number of methoxy groups -OCH3 is 1. The van der Waals surface area contributed by atoms with Crippen molar-refractivity contribution in [2.24, 2.45) is 0 Å². The number of hydrogen-bond donors (Lipinski definition) is 1. The summed E-state index contributed by atoms with van der Waals surface area (Å²) in [6.45, 7) is 3.79. The van der Waals surface area contributed by atoms with Crippen LogP contribution in [0.5, 0.6) is 0 Å². The van der Waals surface area contributed by atoms with Gasteiger partial charge >= 0.3 is 0 Å². The fourth-order valence-corrected chi connectivity index (χ4v) is 2.58. The van der Waals surface area contributed by atoms with Crippen LogP contribution in [0.15, 0.2) is 30.9 Å². The van der Waals surface area contributed by atoms with Gasteiger partial charge in [0.2, 0.25) is 5.95 Å². The summed E-state index contributed by atoms with van der Waals surface area (Å²) in [7, 11) is 1.64. The Morgan fingerprint density at radius 3 is 2.64 bits per heavy atom. The molecule has 0 unspecified atom stereocenters. The maximum absolute atomic E-state index is 12.7. The molecule has 3 heterocycles. The molecule has 1 aliphatic rings. The quantitative estimate of drug-likeness (QED) is 0.748. The number of nitrogens with one attached hydrogen (secondary N) is 1. The summed E-state index contributed by atoms with van der Waals surface area (Å²) in [6, 6.07) is 3.46. The monoisotopic (exact) mass is 343 g/mol. The van der Waals surface area contributed by atoms with Crippen LogP contribution in [0.4, 0.5) is 11.8 Å². The van der Waals surface area contributed by atoms with Gasteiger partial charge in [0.25, 0.3) is 5.91 Å². The Morgan fingerprint density at radius 1 is 1.16 bits per heavy atom. The van der Waals surface area contributed by atoms with E-state index >= 15 is 0 Å². The summed E-state index contributed by atoms with van der Waals surface area (Å²) in [4.78, 5) is 33.2. The van der Waals surface area contributed by atoms with Crippen LogP contribution in [-0.2, 0) is 4.74 Å². The zero-order valence-electron chi connectivity index (χ0n) is 14.1. The largest absolute Gasteiger partial charge is 0.383 e. The molecule has 0 spiro atoms. The lowest BCUT2D eigenvalue weighted by atomic mass is 10.2. The molecule has 25 heavy (non-hydrogen) atoms. The first kappa shape index (κ1) is 17.0. The molecule has 2 aromatic heterocycles. The van der Waals surface area contributed by atoms with Crippen LogP contribution in [0.2, 0.25) is 0 Å². The van der Waals surface area contributed by atoms with Gasteiger partial charge in [0.05, 0.1) is 6.61 Å². The van der Waals surface area contributed by atoms with Crippen molar-refractivity contribution < 1.29 is 9.53 Å². The first-order chi connectivity index (χ1) is 12.3. The summed E-state index contributed by atoms with van der Waals surface area (Å²) in [5.74, 6) is 1.22. The van der Waals surface area contributed by atoms with Crippen molar-refractivity contribution in [1.29, 1.82) is 0 Å². The maximum Gasteiger partial charge on any atom is 0.272 e. The second kappa shape index (κ2) is 8.34. The number of piperazine rings is 1. The fraction of sp³-hybridized carbons (Fsp3) is 0.438. The molecular weight excluding hydrogens is 322 g/mol. The number of carbonyl (C=O) groups is 1. The van der Waals surface area contributed by atoms with E-state index in [0.717, 1.165) is 0 Å². The Morgan fingerprint density at radius 2 is 1.92 bits per heavy atom. The molecule has 1 N–H and O–H groups in total. The summed E-state index contributed by atoms with van der Waals surface area (Å²) < 4.78 is 4.99. The molecule has 2 aromatic rings. The van der Waals surface area contributed by atoms with E-state index in [1.165, 1.54) is 6.33 Å². The smallest absolute Gasteiger partial charge is 0.272 e. The standard InChI is InChI=1S/C16H21N7O2/c1-25-10-5-17-14-11-13(20-12-21-14)15(24)22-6-8-23(9-7-22)16-18-3-2-4-19-16/h2-4,11-12H,5-10H2,1H3,(H,17,20,21). The van der Waals surface area contributed by atoms with Gasteiger partial charge in [0.15, 0.2) is 0 Å². The lowest BCUT2D eigenvalue weighted by Gasteiger charge is -2.34. The minimum Gasteiger partial charge on any atom is -0.383 e. The van der Waals surface area contributed by atoms with Gasteiger partial charge in [-0.2, -0.15) is 0 Å². The van der Waals surface area contributed by atoms with Crippen LogP contribution in [0.25, 0.3) is 0 Å². The van der Waals surface area contributed by atoms with Gasteiger partial charge < -0.3 is 19.9 Å². The number of nitrogens with zero attached hydrogens (tertiary/aromatic N) is 6. The van der Waals surface area contributed by atoms with E-state index in [-0.39, 0.29) is 5.91 Å². The maximum atomic E-state index is 12.7. The number of aromatic nitrogens is 4. The minimum atomic E-state index is -0.0918. The molecule has 0 bridgehead atoms. The molecule has 9 nitrogen and oxygen atoms in total. The van der Waals surface area contributed by atoms with Crippen LogP contribution in [-0.4, -0.2) is 77.2 Å². The number of rotatable bonds is 6. The highest BCUT2D eigenvalue weighted by Crippen LogP contribution is 2.13. The number of ether oxygens (including phenoxy) is 1. The Bertz CT molecular complexity index is 690. The number of carbonyl (C=O) groups excluding carboxylic acids is 1. The molecule has 1 aliphatic heterocycles. The molecular formula is C16H21N7O2.